The van der Waals surface area contributed by atoms with E-state index in [1.165, 1.54) is 0 Å². The van der Waals surface area contributed by atoms with Gasteiger partial charge in [-0.1, -0.05) is 20.8 Å². The van der Waals surface area contributed by atoms with Crippen LogP contribution in [0.1, 0.15) is 20.8 Å². The van der Waals surface area contributed by atoms with Gasteiger partial charge in [0.25, 0.3) is 5.56 Å². The molecule has 2 aromatic heterocycles. The van der Waals surface area contributed by atoms with Crippen molar-refractivity contribution in [2.45, 2.75) is 30.4 Å². The maximum absolute atomic E-state index is 11.4. The minimum Gasteiger partial charge on any atom is -0.281 e. The highest BCUT2D eigenvalue weighted by molar-refractivity contribution is 8.00. The van der Waals surface area contributed by atoms with Crippen molar-refractivity contribution in [3.8, 4) is 0 Å². The lowest BCUT2D eigenvalue weighted by atomic mass is 10.3. The Morgan fingerprint density at radius 3 is 2.73 bits per heavy atom. The van der Waals surface area contributed by atoms with E-state index in [0.717, 1.165) is 4.90 Å². The quantitative estimate of drug-likeness (QED) is 0.728. The van der Waals surface area contributed by atoms with Gasteiger partial charge >= 0.3 is 0 Å². The van der Waals surface area contributed by atoms with E-state index in [2.05, 4.69) is 36.0 Å². The lowest BCUT2D eigenvalue weighted by molar-refractivity contribution is 0.802. The molecule has 2 N–H and O–H groups in total. The van der Waals surface area contributed by atoms with Crippen molar-refractivity contribution in [3.05, 3.63) is 22.6 Å². The van der Waals surface area contributed by atoms with E-state index < -0.39 is 0 Å². The van der Waals surface area contributed by atoms with Crippen LogP contribution in [0.5, 0.6) is 0 Å². The number of H-pyrrole nitrogens is 2. The van der Waals surface area contributed by atoms with E-state index in [0.29, 0.717) is 11.0 Å². The molecule has 2 heterocycles. The number of aromatic nitrogens is 3. The normalized spacial score (nSPS) is 12.2. The Morgan fingerprint density at radius 1 is 1.33 bits per heavy atom. The first kappa shape index (κ1) is 10.3. The van der Waals surface area contributed by atoms with Gasteiger partial charge in [0.1, 0.15) is 0 Å². The molecule has 80 valence electrons. The summed E-state index contributed by atoms with van der Waals surface area (Å²) in [7, 11) is 0. The zero-order valence-electron chi connectivity index (χ0n) is 8.92. The second kappa shape index (κ2) is 3.41. The molecule has 2 rings (SSSR count). The number of thioether (sulfide) groups is 1. The van der Waals surface area contributed by atoms with Gasteiger partial charge in [-0.25, -0.2) is 4.98 Å². The SMILES string of the molecule is CC(C)(C)Sc1cnc2[nH][nH]c(=O)c2c1. The molecular formula is C10H13N3OS. The van der Waals surface area contributed by atoms with Crippen molar-refractivity contribution in [2.24, 2.45) is 0 Å². The van der Waals surface area contributed by atoms with Crippen LogP contribution in [0.2, 0.25) is 0 Å². The van der Waals surface area contributed by atoms with Gasteiger partial charge in [0.2, 0.25) is 0 Å². The van der Waals surface area contributed by atoms with Gasteiger partial charge in [-0.3, -0.25) is 15.0 Å². The second-order valence-electron chi connectivity index (χ2n) is 4.36. The summed E-state index contributed by atoms with van der Waals surface area (Å²) in [4.78, 5) is 16.6. The Bertz CT molecular complexity index is 535. The second-order valence-corrected chi connectivity index (χ2v) is 6.26. The van der Waals surface area contributed by atoms with Gasteiger partial charge in [-0.05, 0) is 6.07 Å². The summed E-state index contributed by atoms with van der Waals surface area (Å²) in [5, 5.41) is 5.85. The molecule has 5 heteroatoms. The average molecular weight is 223 g/mol. The van der Waals surface area contributed by atoms with Crippen LogP contribution in [0.3, 0.4) is 0 Å². The van der Waals surface area contributed by atoms with Gasteiger partial charge in [0.05, 0.1) is 5.39 Å². The van der Waals surface area contributed by atoms with E-state index in [1.54, 1.807) is 18.0 Å². The van der Waals surface area contributed by atoms with Crippen LogP contribution in [0.4, 0.5) is 0 Å². The zero-order chi connectivity index (χ0) is 11.1. The number of nitrogens with one attached hydrogen (secondary N) is 2. The summed E-state index contributed by atoms with van der Waals surface area (Å²) in [5.74, 6) is 0. The third-order valence-corrected chi connectivity index (χ3v) is 2.90. The van der Waals surface area contributed by atoms with Crippen molar-refractivity contribution in [2.75, 3.05) is 0 Å². The fourth-order valence-corrected chi connectivity index (χ4v) is 2.30. The molecule has 0 aliphatic heterocycles. The molecule has 0 saturated heterocycles. The maximum Gasteiger partial charge on any atom is 0.273 e. The van der Waals surface area contributed by atoms with E-state index in [1.807, 2.05) is 6.07 Å². The Hall–Kier alpha value is -1.23. The summed E-state index contributed by atoms with van der Waals surface area (Å²) in [6, 6.07) is 1.87. The Kier molecular flexibility index (Phi) is 2.34. The summed E-state index contributed by atoms with van der Waals surface area (Å²) in [6.45, 7) is 6.38. The molecule has 15 heavy (non-hydrogen) atoms. The molecule has 0 aliphatic carbocycles. The van der Waals surface area contributed by atoms with Gasteiger partial charge in [-0.2, -0.15) is 0 Å². The predicted molar refractivity (Wildman–Crippen MR) is 62.3 cm³/mol. The predicted octanol–water partition coefficient (Wildman–Crippen LogP) is 2.14. The van der Waals surface area contributed by atoms with E-state index >= 15 is 0 Å². The van der Waals surface area contributed by atoms with Crippen LogP contribution in [0, 0.1) is 0 Å². The van der Waals surface area contributed by atoms with Crippen LogP contribution in [-0.2, 0) is 0 Å². The molecule has 0 atom stereocenters. The highest BCUT2D eigenvalue weighted by atomic mass is 32.2. The monoisotopic (exact) mass is 223 g/mol. The van der Waals surface area contributed by atoms with Crippen molar-refractivity contribution in [1.82, 2.24) is 15.2 Å². The lowest BCUT2D eigenvalue weighted by Crippen LogP contribution is -2.06. The highest BCUT2D eigenvalue weighted by Crippen LogP contribution is 2.31. The van der Waals surface area contributed by atoms with Crippen LogP contribution < -0.4 is 5.56 Å². The smallest absolute Gasteiger partial charge is 0.273 e. The lowest BCUT2D eigenvalue weighted by Gasteiger charge is -2.16. The molecule has 0 saturated carbocycles. The third kappa shape index (κ3) is 2.23. The molecule has 0 spiro atoms. The van der Waals surface area contributed by atoms with Crippen LogP contribution in [0.15, 0.2) is 22.0 Å². The van der Waals surface area contributed by atoms with Crippen LogP contribution >= 0.6 is 11.8 Å². The van der Waals surface area contributed by atoms with Gasteiger partial charge in [0, 0.05) is 15.8 Å². The number of pyridine rings is 1. The molecule has 0 aliphatic rings. The number of aromatic amines is 2. The molecule has 0 aromatic carbocycles. The molecule has 0 unspecified atom stereocenters. The molecule has 0 radical (unpaired) electrons. The Morgan fingerprint density at radius 2 is 2.07 bits per heavy atom. The Labute approximate surface area is 91.5 Å². The largest absolute Gasteiger partial charge is 0.281 e. The number of nitrogens with zero attached hydrogens (tertiary/aromatic N) is 1. The minimum absolute atomic E-state index is 0.117. The van der Waals surface area contributed by atoms with Gasteiger partial charge in [-0.15, -0.1) is 11.8 Å². The third-order valence-electron chi connectivity index (χ3n) is 1.83. The molecule has 0 amide bonds. The van der Waals surface area contributed by atoms with Crippen LogP contribution in [-0.4, -0.2) is 19.9 Å². The van der Waals surface area contributed by atoms with Gasteiger partial charge in [0.15, 0.2) is 5.65 Å². The fraction of sp³-hybridized carbons (Fsp3) is 0.400. The molecule has 0 fully saturated rings. The first-order chi connectivity index (χ1) is 6.96. The molecule has 2 aromatic rings. The molecule has 4 nitrogen and oxygen atoms in total. The summed E-state index contributed by atoms with van der Waals surface area (Å²) in [5.41, 5.74) is 0.493. The molecule has 0 bridgehead atoms. The zero-order valence-corrected chi connectivity index (χ0v) is 9.73. The number of hydrogen-bond acceptors (Lipinski definition) is 3. The van der Waals surface area contributed by atoms with E-state index in [9.17, 15) is 4.79 Å². The molecular weight excluding hydrogens is 210 g/mol. The number of rotatable bonds is 1. The highest BCUT2D eigenvalue weighted by Gasteiger charge is 2.13. The van der Waals surface area contributed by atoms with Crippen molar-refractivity contribution < 1.29 is 0 Å². The minimum atomic E-state index is -0.117. The fourth-order valence-electron chi connectivity index (χ4n) is 1.31. The number of hydrogen-bond donors (Lipinski definition) is 2. The first-order valence-electron chi connectivity index (χ1n) is 4.71. The van der Waals surface area contributed by atoms with E-state index in [-0.39, 0.29) is 10.3 Å². The standard InChI is InChI=1S/C10H13N3OS/c1-10(2,3)15-6-4-7-8(11-5-6)12-13-9(7)14/h4-5H,1-3H3,(H2,11,12,13,14). The summed E-state index contributed by atoms with van der Waals surface area (Å²) < 4.78 is 0.123. The summed E-state index contributed by atoms with van der Waals surface area (Å²) >= 11 is 1.70. The topological polar surface area (TPSA) is 61.5 Å². The van der Waals surface area contributed by atoms with Crippen molar-refractivity contribution in [3.63, 3.8) is 0 Å². The maximum atomic E-state index is 11.4. The van der Waals surface area contributed by atoms with Crippen LogP contribution in [0.25, 0.3) is 11.0 Å². The van der Waals surface area contributed by atoms with E-state index in [4.69, 9.17) is 0 Å². The first-order valence-corrected chi connectivity index (χ1v) is 5.53. The number of fused-ring (bicyclic) bond motifs is 1. The average Bonchev–Trinajstić information content (AvgIpc) is 2.45. The van der Waals surface area contributed by atoms with Crippen molar-refractivity contribution in [1.29, 1.82) is 0 Å². The van der Waals surface area contributed by atoms with Gasteiger partial charge < -0.3 is 0 Å². The Balaban J connectivity index is 2.46. The van der Waals surface area contributed by atoms with Crippen molar-refractivity contribution >= 4 is 22.8 Å². The summed E-state index contributed by atoms with van der Waals surface area (Å²) in [6.07, 6.45) is 1.78.